The molecule has 2 aromatic rings. The summed E-state index contributed by atoms with van der Waals surface area (Å²) in [5, 5.41) is 12.3. The minimum Gasteiger partial charge on any atom is -0.478 e. The summed E-state index contributed by atoms with van der Waals surface area (Å²) in [4.78, 5) is 25.5. The lowest BCUT2D eigenvalue weighted by molar-refractivity contribution is -0.132. The van der Waals surface area contributed by atoms with Crippen molar-refractivity contribution in [2.24, 2.45) is 0 Å². The molecule has 2 aromatic carbocycles. The monoisotopic (exact) mass is 436 g/mol. The molecule has 2 N–H and O–H groups in total. The van der Waals surface area contributed by atoms with E-state index in [1.807, 2.05) is 55.5 Å². The number of rotatable bonds is 12. The van der Waals surface area contributed by atoms with Crippen LogP contribution in [-0.2, 0) is 4.79 Å². The zero-order valence-electron chi connectivity index (χ0n) is 19.6. The molecular formula is C27H36N2O3. The maximum absolute atomic E-state index is 12.5. The molecule has 5 nitrogen and oxygen atoms in total. The molecule has 0 aliphatic rings. The molecule has 0 heterocycles. The van der Waals surface area contributed by atoms with Crippen LogP contribution in [0.5, 0.6) is 0 Å². The highest BCUT2D eigenvalue weighted by Crippen LogP contribution is 2.25. The van der Waals surface area contributed by atoms with Crippen molar-refractivity contribution in [1.82, 2.24) is 5.32 Å². The fourth-order valence-corrected chi connectivity index (χ4v) is 3.54. The quantitative estimate of drug-likeness (QED) is 0.286. The van der Waals surface area contributed by atoms with E-state index in [0.717, 1.165) is 41.6 Å². The van der Waals surface area contributed by atoms with Crippen LogP contribution in [0.2, 0.25) is 0 Å². The summed E-state index contributed by atoms with van der Waals surface area (Å²) in [5.41, 5.74) is 4.13. The number of hydrogen-bond acceptors (Lipinski definition) is 2. The number of nitrogens with one attached hydrogen (secondary N) is 1. The third-order valence-corrected chi connectivity index (χ3v) is 5.47. The van der Waals surface area contributed by atoms with Crippen molar-refractivity contribution in [3.05, 3.63) is 59.7 Å². The second-order valence-corrected chi connectivity index (χ2v) is 8.10. The molecule has 2 amide bonds. The Morgan fingerprint density at radius 3 is 2.31 bits per heavy atom. The van der Waals surface area contributed by atoms with Crippen LogP contribution in [0.25, 0.3) is 17.2 Å². The lowest BCUT2D eigenvalue weighted by Crippen LogP contribution is -2.37. The van der Waals surface area contributed by atoms with Gasteiger partial charge in [0.15, 0.2) is 0 Å². The standard InChI is InChI=1S/C27H36N2O3/c1-4-6-7-8-9-18-28-27(32)29(3)25-13-10-12-23(20-25)22-16-14-21(15-17-22)19-24(11-5-2)26(30)31/h10,12-17,19-20H,4-9,11,18H2,1-3H3,(H,28,32)(H,30,31)/b24-19-. The second-order valence-electron chi connectivity index (χ2n) is 8.10. The molecular weight excluding hydrogens is 400 g/mol. The van der Waals surface area contributed by atoms with Gasteiger partial charge in [0.1, 0.15) is 0 Å². The maximum atomic E-state index is 12.5. The molecule has 0 saturated heterocycles. The van der Waals surface area contributed by atoms with Crippen molar-refractivity contribution in [2.45, 2.75) is 58.8 Å². The van der Waals surface area contributed by atoms with Gasteiger partial charge in [0, 0.05) is 24.9 Å². The van der Waals surface area contributed by atoms with Crippen LogP contribution in [0.3, 0.4) is 0 Å². The molecule has 5 heteroatoms. The van der Waals surface area contributed by atoms with Crippen molar-refractivity contribution in [1.29, 1.82) is 0 Å². The lowest BCUT2D eigenvalue weighted by atomic mass is 10.0. The van der Waals surface area contributed by atoms with E-state index in [0.29, 0.717) is 18.5 Å². The fourth-order valence-electron chi connectivity index (χ4n) is 3.54. The summed E-state index contributed by atoms with van der Waals surface area (Å²) in [7, 11) is 1.78. The lowest BCUT2D eigenvalue weighted by Gasteiger charge is -2.19. The summed E-state index contributed by atoms with van der Waals surface area (Å²) in [5.74, 6) is -0.870. The van der Waals surface area contributed by atoms with Crippen LogP contribution < -0.4 is 10.2 Å². The third-order valence-electron chi connectivity index (χ3n) is 5.47. The topological polar surface area (TPSA) is 69.6 Å². The van der Waals surface area contributed by atoms with E-state index in [1.165, 1.54) is 19.3 Å². The molecule has 0 unspecified atom stereocenters. The van der Waals surface area contributed by atoms with Crippen molar-refractivity contribution in [3.8, 4) is 11.1 Å². The van der Waals surface area contributed by atoms with Crippen LogP contribution in [0, 0.1) is 0 Å². The number of carbonyl (C=O) groups is 2. The zero-order valence-corrected chi connectivity index (χ0v) is 19.6. The number of unbranched alkanes of at least 4 members (excludes halogenated alkanes) is 4. The van der Waals surface area contributed by atoms with Crippen LogP contribution in [0.4, 0.5) is 10.5 Å². The van der Waals surface area contributed by atoms with E-state index in [-0.39, 0.29) is 6.03 Å². The Labute approximate surface area is 192 Å². The Kier molecular flexibility index (Phi) is 10.5. The molecule has 32 heavy (non-hydrogen) atoms. The number of carboxylic acids is 1. The Hall–Kier alpha value is -3.08. The first-order chi connectivity index (χ1) is 15.5. The van der Waals surface area contributed by atoms with Gasteiger partial charge >= 0.3 is 12.0 Å². The molecule has 0 spiro atoms. The minimum absolute atomic E-state index is 0.102. The number of anilines is 1. The largest absolute Gasteiger partial charge is 0.478 e. The predicted molar refractivity (Wildman–Crippen MR) is 133 cm³/mol. The smallest absolute Gasteiger partial charge is 0.331 e. The third kappa shape index (κ3) is 7.88. The van der Waals surface area contributed by atoms with Gasteiger partial charge < -0.3 is 10.4 Å². The zero-order chi connectivity index (χ0) is 23.3. The average Bonchev–Trinajstić information content (AvgIpc) is 2.81. The van der Waals surface area contributed by atoms with Gasteiger partial charge in [-0.2, -0.15) is 0 Å². The van der Waals surface area contributed by atoms with Crippen LogP contribution in [0.1, 0.15) is 64.4 Å². The molecule has 2 rings (SSSR count). The van der Waals surface area contributed by atoms with Crippen molar-refractivity contribution in [3.63, 3.8) is 0 Å². The average molecular weight is 437 g/mol. The van der Waals surface area contributed by atoms with Crippen molar-refractivity contribution >= 4 is 23.8 Å². The Balaban J connectivity index is 2.03. The van der Waals surface area contributed by atoms with Gasteiger partial charge in [-0.15, -0.1) is 0 Å². The van der Waals surface area contributed by atoms with Crippen molar-refractivity contribution < 1.29 is 14.7 Å². The summed E-state index contributed by atoms with van der Waals surface area (Å²) < 4.78 is 0. The summed E-state index contributed by atoms with van der Waals surface area (Å²) in [6.07, 6.45) is 8.90. The number of hydrogen-bond donors (Lipinski definition) is 2. The minimum atomic E-state index is -0.870. The summed E-state index contributed by atoms with van der Waals surface area (Å²) >= 11 is 0. The molecule has 0 aliphatic carbocycles. The maximum Gasteiger partial charge on any atom is 0.331 e. The van der Waals surface area contributed by atoms with Crippen LogP contribution in [-0.4, -0.2) is 30.7 Å². The number of urea groups is 1. The normalized spacial score (nSPS) is 11.3. The number of carbonyl (C=O) groups excluding carboxylic acids is 1. The first kappa shape index (κ1) is 25.2. The van der Waals surface area contributed by atoms with E-state index in [9.17, 15) is 14.7 Å². The van der Waals surface area contributed by atoms with Gasteiger partial charge in [0.2, 0.25) is 0 Å². The number of amides is 2. The predicted octanol–water partition coefficient (Wildman–Crippen LogP) is 6.74. The fraction of sp³-hybridized carbons (Fsp3) is 0.407. The summed E-state index contributed by atoms with van der Waals surface area (Å²) in [6.45, 7) is 4.86. The number of carboxylic acid groups (broad SMARTS) is 1. The molecule has 0 bridgehead atoms. The highest BCUT2D eigenvalue weighted by Gasteiger charge is 2.11. The van der Waals surface area contributed by atoms with Gasteiger partial charge in [0.05, 0.1) is 0 Å². The van der Waals surface area contributed by atoms with Gasteiger partial charge in [-0.1, -0.05) is 82.3 Å². The van der Waals surface area contributed by atoms with E-state index in [4.69, 9.17) is 0 Å². The van der Waals surface area contributed by atoms with Crippen molar-refractivity contribution in [2.75, 3.05) is 18.5 Å². The second kappa shape index (κ2) is 13.4. The molecule has 0 radical (unpaired) electrons. The van der Waals surface area contributed by atoms with Crippen LogP contribution >= 0.6 is 0 Å². The first-order valence-corrected chi connectivity index (χ1v) is 11.6. The Morgan fingerprint density at radius 2 is 1.66 bits per heavy atom. The van der Waals surface area contributed by atoms with Gasteiger partial charge in [-0.05, 0) is 47.7 Å². The van der Waals surface area contributed by atoms with Gasteiger partial charge in [-0.25, -0.2) is 9.59 Å². The van der Waals surface area contributed by atoms with Crippen LogP contribution in [0.15, 0.2) is 54.1 Å². The Bertz CT molecular complexity index is 903. The highest BCUT2D eigenvalue weighted by molar-refractivity contribution is 5.93. The Morgan fingerprint density at radius 1 is 0.938 bits per heavy atom. The SMILES string of the molecule is CCCCCCCNC(=O)N(C)c1cccc(-c2ccc(/C=C(/CCC)C(=O)O)cc2)c1. The molecule has 0 saturated carbocycles. The molecule has 0 fully saturated rings. The van der Waals surface area contributed by atoms with Gasteiger partial charge in [-0.3, -0.25) is 4.90 Å². The molecule has 0 atom stereocenters. The molecule has 0 aliphatic heterocycles. The highest BCUT2D eigenvalue weighted by atomic mass is 16.4. The summed E-state index contributed by atoms with van der Waals surface area (Å²) in [6, 6.07) is 15.6. The molecule has 0 aromatic heterocycles. The van der Waals surface area contributed by atoms with E-state index in [1.54, 1.807) is 18.0 Å². The van der Waals surface area contributed by atoms with Gasteiger partial charge in [0.25, 0.3) is 0 Å². The first-order valence-electron chi connectivity index (χ1n) is 11.6. The van der Waals surface area contributed by atoms with E-state index >= 15 is 0 Å². The van der Waals surface area contributed by atoms with E-state index < -0.39 is 5.97 Å². The molecule has 172 valence electrons. The number of aliphatic carboxylic acids is 1. The van der Waals surface area contributed by atoms with E-state index in [2.05, 4.69) is 12.2 Å². The number of benzene rings is 2. The number of nitrogens with zero attached hydrogens (tertiary/aromatic N) is 1.